The van der Waals surface area contributed by atoms with Crippen molar-refractivity contribution >= 4 is 0 Å². The van der Waals surface area contributed by atoms with Crippen molar-refractivity contribution in [3.8, 4) is 0 Å². The Bertz CT molecular complexity index is 132. The zero-order valence-electron chi connectivity index (χ0n) is 10.2. The maximum atomic E-state index is 5.71. The van der Waals surface area contributed by atoms with Gasteiger partial charge in [0.05, 0.1) is 12.2 Å². The molecular formula is C11H25NO2. The van der Waals surface area contributed by atoms with E-state index in [1.807, 2.05) is 7.05 Å². The minimum absolute atomic E-state index is 0.0453. The van der Waals surface area contributed by atoms with Crippen molar-refractivity contribution < 1.29 is 9.47 Å². The highest BCUT2D eigenvalue weighted by Crippen LogP contribution is 2.08. The minimum Gasteiger partial charge on any atom is -0.385 e. The summed E-state index contributed by atoms with van der Waals surface area (Å²) in [4.78, 5) is 0. The molecule has 86 valence electrons. The van der Waals surface area contributed by atoms with Gasteiger partial charge in [0.1, 0.15) is 0 Å². The minimum atomic E-state index is -0.0453. The van der Waals surface area contributed by atoms with E-state index in [0.29, 0.717) is 6.04 Å². The molecule has 1 N–H and O–H groups in total. The van der Waals surface area contributed by atoms with Crippen molar-refractivity contribution in [2.45, 2.75) is 45.3 Å². The predicted octanol–water partition coefficient (Wildman–Crippen LogP) is 1.82. The Hall–Kier alpha value is -0.120. The van der Waals surface area contributed by atoms with Crippen LogP contribution in [0.5, 0.6) is 0 Å². The average molecular weight is 203 g/mol. The van der Waals surface area contributed by atoms with Crippen molar-refractivity contribution in [2.24, 2.45) is 0 Å². The molecule has 0 saturated carbocycles. The number of hydrogen-bond donors (Lipinski definition) is 1. The first kappa shape index (κ1) is 13.9. The van der Waals surface area contributed by atoms with Crippen LogP contribution in [0, 0.1) is 0 Å². The van der Waals surface area contributed by atoms with Crippen LogP contribution in [0.15, 0.2) is 0 Å². The molecule has 14 heavy (non-hydrogen) atoms. The Morgan fingerprint density at radius 2 is 1.93 bits per heavy atom. The number of hydrogen-bond acceptors (Lipinski definition) is 3. The van der Waals surface area contributed by atoms with Gasteiger partial charge in [-0.1, -0.05) is 0 Å². The van der Waals surface area contributed by atoms with Crippen LogP contribution in [0.1, 0.15) is 33.6 Å². The highest BCUT2D eigenvalue weighted by atomic mass is 16.5. The van der Waals surface area contributed by atoms with Crippen molar-refractivity contribution in [1.82, 2.24) is 5.32 Å². The van der Waals surface area contributed by atoms with Crippen molar-refractivity contribution in [3.63, 3.8) is 0 Å². The van der Waals surface area contributed by atoms with E-state index >= 15 is 0 Å². The van der Waals surface area contributed by atoms with E-state index < -0.39 is 0 Å². The summed E-state index contributed by atoms with van der Waals surface area (Å²) in [6.07, 6.45) is 2.18. The maximum absolute atomic E-state index is 5.71. The van der Waals surface area contributed by atoms with Crippen LogP contribution in [-0.2, 0) is 9.47 Å². The van der Waals surface area contributed by atoms with Gasteiger partial charge in [-0.3, -0.25) is 0 Å². The number of nitrogens with one attached hydrogen (secondary N) is 1. The Morgan fingerprint density at radius 1 is 1.29 bits per heavy atom. The number of methoxy groups -OCH3 is 1. The van der Waals surface area contributed by atoms with Crippen molar-refractivity contribution in [2.75, 3.05) is 27.4 Å². The van der Waals surface area contributed by atoms with Crippen LogP contribution in [0.2, 0.25) is 0 Å². The van der Waals surface area contributed by atoms with Gasteiger partial charge in [0.2, 0.25) is 0 Å². The van der Waals surface area contributed by atoms with Crippen LogP contribution in [0.4, 0.5) is 0 Å². The molecular weight excluding hydrogens is 178 g/mol. The molecule has 0 radical (unpaired) electrons. The second-order valence-corrected chi connectivity index (χ2v) is 4.54. The van der Waals surface area contributed by atoms with Gasteiger partial charge in [0, 0.05) is 19.8 Å². The summed E-state index contributed by atoms with van der Waals surface area (Å²) in [6, 6.07) is 0.435. The van der Waals surface area contributed by atoms with E-state index in [4.69, 9.17) is 9.47 Å². The molecule has 1 atom stereocenters. The molecule has 0 aliphatic heterocycles. The van der Waals surface area contributed by atoms with Gasteiger partial charge >= 0.3 is 0 Å². The second kappa shape index (κ2) is 7.21. The zero-order chi connectivity index (χ0) is 11.0. The third-order valence-electron chi connectivity index (χ3n) is 2.03. The van der Waals surface area contributed by atoms with Gasteiger partial charge in [-0.15, -0.1) is 0 Å². The molecule has 0 bridgehead atoms. The highest BCUT2D eigenvalue weighted by Gasteiger charge is 2.13. The summed E-state index contributed by atoms with van der Waals surface area (Å²) in [6.45, 7) is 7.83. The van der Waals surface area contributed by atoms with Crippen molar-refractivity contribution in [1.29, 1.82) is 0 Å². The van der Waals surface area contributed by atoms with Gasteiger partial charge in [-0.2, -0.15) is 0 Å². The molecule has 0 heterocycles. The first-order valence-electron chi connectivity index (χ1n) is 5.29. The standard InChI is InChI=1S/C11H25NO2/c1-11(2,3)14-9-10(12-4)7-6-8-13-5/h10,12H,6-9H2,1-5H3. The summed E-state index contributed by atoms with van der Waals surface area (Å²) in [5, 5.41) is 3.25. The second-order valence-electron chi connectivity index (χ2n) is 4.54. The molecule has 0 amide bonds. The largest absolute Gasteiger partial charge is 0.385 e. The van der Waals surface area contributed by atoms with E-state index in [-0.39, 0.29) is 5.60 Å². The third kappa shape index (κ3) is 8.48. The van der Waals surface area contributed by atoms with E-state index in [1.165, 1.54) is 0 Å². The molecule has 0 saturated heterocycles. The SMILES string of the molecule is CNC(CCCOC)COC(C)(C)C. The van der Waals surface area contributed by atoms with E-state index in [2.05, 4.69) is 26.1 Å². The topological polar surface area (TPSA) is 30.5 Å². The third-order valence-corrected chi connectivity index (χ3v) is 2.03. The van der Waals surface area contributed by atoms with Crippen LogP contribution in [0.25, 0.3) is 0 Å². The number of ether oxygens (including phenoxy) is 2. The van der Waals surface area contributed by atoms with E-state index in [9.17, 15) is 0 Å². The lowest BCUT2D eigenvalue weighted by Crippen LogP contribution is -2.34. The monoisotopic (exact) mass is 203 g/mol. The lowest BCUT2D eigenvalue weighted by molar-refractivity contribution is -0.0152. The Kier molecular flexibility index (Phi) is 7.15. The Labute approximate surface area is 88.2 Å². The quantitative estimate of drug-likeness (QED) is 0.640. The Balaban J connectivity index is 3.58. The fraction of sp³-hybridized carbons (Fsp3) is 1.00. The molecule has 1 unspecified atom stereocenters. The van der Waals surface area contributed by atoms with Gasteiger partial charge in [-0.05, 0) is 40.7 Å². The maximum Gasteiger partial charge on any atom is 0.0626 e. The Morgan fingerprint density at radius 3 is 2.36 bits per heavy atom. The fourth-order valence-corrected chi connectivity index (χ4v) is 1.14. The molecule has 0 fully saturated rings. The highest BCUT2D eigenvalue weighted by molar-refractivity contribution is 4.67. The van der Waals surface area contributed by atoms with E-state index in [0.717, 1.165) is 26.1 Å². The van der Waals surface area contributed by atoms with Crippen molar-refractivity contribution in [3.05, 3.63) is 0 Å². The van der Waals surface area contributed by atoms with Crippen LogP contribution >= 0.6 is 0 Å². The number of likely N-dealkylation sites (N-methyl/N-ethyl adjacent to an activating group) is 1. The molecule has 0 spiro atoms. The van der Waals surface area contributed by atoms with Crippen LogP contribution in [0.3, 0.4) is 0 Å². The number of rotatable bonds is 7. The van der Waals surface area contributed by atoms with Gasteiger partial charge in [-0.25, -0.2) is 0 Å². The first-order valence-corrected chi connectivity index (χ1v) is 5.29. The van der Waals surface area contributed by atoms with Gasteiger partial charge in [0.15, 0.2) is 0 Å². The van der Waals surface area contributed by atoms with Crippen LogP contribution < -0.4 is 5.32 Å². The summed E-state index contributed by atoms with van der Waals surface area (Å²) >= 11 is 0. The molecule has 0 aliphatic rings. The molecule has 0 aliphatic carbocycles. The predicted molar refractivity (Wildman–Crippen MR) is 59.7 cm³/mol. The fourth-order valence-electron chi connectivity index (χ4n) is 1.14. The lowest BCUT2D eigenvalue weighted by Gasteiger charge is -2.24. The lowest BCUT2D eigenvalue weighted by atomic mass is 10.1. The smallest absolute Gasteiger partial charge is 0.0626 e. The van der Waals surface area contributed by atoms with Crippen LogP contribution in [-0.4, -0.2) is 39.0 Å². The zero-order valence-corrected chi connectivity index (χ0v) is 10.2. The molecule has 0 aromatic carbocycles. The normalized spacial score (nSPS) is 14.4. The molecule has 3 heteroatoms. The van der Waals surface area contributed by atoms with Gasteiger partial charge < -0.3 is 14.8 Å². The average Bonchev–Trinajstić information content (AvgIpc) is 2.09. The molecule has 0 aromatic heterocycles. The molecule has 0 rings (SSSR count). The summed E-state index contributed by atoms with van der Waals surface area (Å²) in [5.41, 5.74) is -0.0453. The summed E-state index contributed by atoms with van der Waals surface area (Å²) in [7, 11) is 3.71. The van der Waals surface area contributed by atoms with E-state index in [1.54, 1.807) is 7.11 Å². The molecule has 0 aromatic rings. The summed E-state index contributed by atoms with van der Waals surface area (Å²) < 4.78 is 10.7. The molecule has 3 nitrogen and oxygen atoms in total. The van der Waals surface area contributed by atoms with Gasteiger partial charge in [0.25, 0.3) is 0 Å². The summed E-state index contributed by atoms with van der Waals surface area (Å²) in [5.74, 6) is 0. The first-order chi connectivity index (χ1) is 6.49.